The lowest BCUT2D eigenvalue weighted by atomic mass is 9.75. The van der Waals surface area contributed by atoms with Gasteiger partial charge in [0.1, 0.15) is 11.9 Å². The zero-order valence-electron chi connectivity index (χ0n) is 20.2. The van der Waals surface area contributed by atoms with Gasteiger partial charge in [-0.3, -0.25) is 4.79 Å². The molecule has 3 rings (SSSR count). The van der Waals surface area contributed by atoms with Gasteiger partial charge in [0, 0.05) is 5.56 Å². The fourth-order valence-corrected chi connectivity index (χ4v) is 4.64. The van der Waals surface area contributed by atoms with E-state index in [9.17, 15) is 14.0 Å². The quantitative estimate of drug-likeness (QED) is 0.446. The van der Waals surface area contributed by atoms with Gasteiger partial charge < -0.3 is 9.47 Å². The lowest BCUT2D eigenvalue weighted by Crippen LogP contribution is -2.39. The second-order valence-corrected chi connectivity index (χ2v) is 9.70. The maximum absolute atomic E-state index is 14.8. The average Bonchev–Trinajstić information content (AvgIpc) is 2.78. The highest BCUT2D eigenvalue weighted by Gasteiger charge is 2.35. The molecule has 0 heterocycles. The molecular weight excluding hydrogens is 419 g/mol. The highest BCUT2D eigenvalue weighted by molar-refractivity contribution is 5.83. The Morgan fingerprint density at radius 3 is 2.27 bits per heavy atom. The largest absolute Gasteiger partial charge is 0.459 e. The Hall–Kier alpha value is -2.69. The Balaban J connectivity index is 1.62. The van der Waals surface area contributed by atoms with Crippen molar-refractivity contribution < 1.29 is 23.5 Å². The summed E-state index contributed by atoms with van der Waals surface area (Å²) in [6.45, 7) is 9.55. The van der Waals surface area contributed by atoms with Crippen molar-refractivity contribution in [2.75, 3.05) is 0 Å². The van der Waals surface area contributed by atoms with Gasteiger partial charge in [0.2, 0.25) is 0 Å². The summed E-state index contributed by atoms with van der Waals surface area (Å²) in [5, 5.41) is 0. The van der Waals surface area contributed by atoms with Gasteiger partial charge in [0.05, 0.1) is 5.92 Å². The minimum Gasteiger partial charge on any atom is -0.459 e. The molecule has 0 N–H and O–H groups in total. The lowest BCUT2D eigenvalue weighted by Gasteiger charge is -2.37. The summed E-state index contributed by atoms with van der Waals surface area (Å²) < 4.78 is 26.0. The van der Waals surface area contributed by atoms with Crippen LogP contribution >= 0.6 is 0 Å². The fourth-order valence-electron chi connectivity index (χ4n) is 4.64. The SMILES string of the molecule is CC1CCC(C(C)C)C(OC(=O)C(C)OC(=O)C(C)c2ccc(-c3ccccc3)cc2F)C1. The molecule has 33 heavy (non-hydrogen) atoms. The third kappa shape index (κ3) is 6.21. The van der Waals surface area contributed by atoms with Gasteiger partial charge in [-0.15, -0.1) is 0 Å². The summed E-state index contributed by atoms with van der Waals surface area (Å²) in [6, 6.07) is 14.3. The Labute approximate surface area is 196 Å². The van der Waals surface area contributed by atoms with Crippen molar-refractivity contribution in [1.29, 1.82) is 0 Å². The first-order valence-electron chi connectivity index (χ1n) is 11.9. The van der Waals surface area contributed by atoms with Gasteiger partial charge in [-0.25, -0.2) is 9.18 Å². The Kier molecular flexibility index (Phi) is 8.28. The normalized spacial score (nSPS) is 22.5. The molecule has 1 aliphatic carbocycles. The first kappa shape index (κ1) is 24.9. The highest BCUT2D eigenvalue weighted by Crippen LogP contribution is 2.35. The maximum Gasteiger partial charge on any atom is 0.347 e. The number of rotatable bonds is 7. The molecule has 5 heteroatoms. The molecule has 1 aliphatic rings. The zero-order chi connectivity index (χ0) is 24.1. The second kappa shape index (κ2) is 11.0. The Morgan fingerprint density at radius 2 is 1.64 bits per heavy atom. The summed E-state index contributed by atoms with van der Waals surface area (Å²) in [6.07, 6.45) is 1.78. The first-order valence-corrected chi connectivity index (χ1v) is 11.9. The molecule has 0 bridgehead atoms. The van der Waals surface area contributed by atoms with E-state index in [1.54, 1.807) is 19.1 Å². The monoisotopic (exact) mass is 454 g/mol. The summed E-state index contributed by atoms with van der Waals surface area (Å²) in [4.78, 5) is 25.4. The van der Waals surface area contributed by atoms with Gasteiger partial charge in [-0.05, 0) is 61.6 Å². The molecule has 1 fully saturated rings. The van der Waals surface area contributed by atoms with Crippen LogP contribution in [0, 0.1) is 23.6 Å². The Bertz CT molecular complexity index is 956. The summed E-state index contributed by atoms with van der Waals surface area (Å²) in [7, 11) is 0. The molecule has 0 radical (unpaired) electrons. The predicted molar refractivity (Wildman–Crippen MR) is 127 cm³/mol. The van der Waals surface area contributed by atoms with E-state index in [1.807, 2.05) is 30.3 Å². The lowest BCUT2D eigenvalue weighted by molar-refractivity contribution is -0.175. The van der Waals surface area contributed by atoms with Crippen molar-refractivity contribution in [2.45, 2.75) is 72.0 Å². The number of hydrogen-bond donors (Lipinski definition) is 0. The molecule has 4 nitrogen and oxygen atoms in total. The van der Waals surface area contributed by atoms with Gasteiger partial charge in [0.15, 0.2) is 6.10 Å². The molecule has 5 unspecified atom stereocenters. The van der Waals surface area contributed by atoms with E-state index >= 15 is 0 Å². The van der Waals surface area contributed by atoms with Gasteiger partial charge in [-0.1, -0.05) is 69.7 Å². The number of hydrogen-bond acceptors (Lipinski definition) is 4. The maximum atomic E-state index is 14.8. The number of halogens is 1. The third-order valence-electron chi connectivity index (χ3n) is 6.78. The second-order valence-electron chi connectivity index (χ2n) is 9.70. The van der Waals surface area contributed by atoms with Crippen LogP contribution in [0.25, 0.3) is 11.1 Å². The van der Waals surface area contributed by atoms with E-state index in [4.69, 9.17) is 9.47 Å². The summed E-state index contributed by atoms with van der Waals surface area (Å²) in [5.74, 6) is -1.30. The molecule has 0 aliphatic heterocycles. The van der Waals surface area contributed by atoms with E-state index in [-0.39, 0.29) is 11.7 Å². The molecule has 1 saturated carbocycles. The molecule has 0 saturated heterocycles. The smallest absolute Gasteiger partial charge is 0.347 e. The highest BCUT2D eigenvalue weighted by atomic mass is 19.1. The number of carbonyl (C=O) groups excluding carboxylic acids is 2. The van der Waals surface area contributed by atoms with Gasteiger partial charge in [0.25, 0.3) is 0 Å². The van der Waals surface area contributed by atoms with Crippen molar-refractivity contribution in [2.24, 2.45) is 17.8 Å². The number of ether oxygens (including phenoxy) is 2. The van der Waals surface area contributed by atoms with Crippen LogP contribution in [0.3, 0.4) is 0 Å². The van der Waals surface area contributed by atoms with Crippen LogP contribution < -0.4 is 0 Å². The molecule has 0 amide bonds. The van der Waals surface area contributed by atoms with Crippen molar-refractivity contribution >= 4 is 11.9 Å². The number of carbonyl (C=O) groups is 2. The predicted octanol–water partition coefficient (Wildman–Crippen LogP) is 6.53. The van der Waals surface area contributed by atoms with Crippen LogP contribution in [0.2, 0.25) is 0 Å². The van der Waals surface area contributed by atoms with Crippen molar-refractivity contribution in [3.05, 3.63) is 59.9 Å². The van der Waals surface area contributed by atoms with Crippen LogP contribution in [-0.2, 0) is 19.1 Å². The van der Waals surface area contributed by atoms with E-state index in [0.717, 1.165) is 30.4 Å². The topological polar surface area (TPSA) is 52.6 Å². The van der Waals surface area contributed by atoms with Crippen LogP contribution in [0.4, 0.5) is 4.39 Å². The number of esters is 2. The van der Waals surface area contributed by atoms with Gasteiger partial charge >= 0.3 is 11.9 Å². The Morgan fingerprint density at radius 1 is 0.939 bits per heavy atom. The van der Waals surface area contributed by atoms with E-state index in [0.29, 0.717) is 17.8 Å². The molecule has 0 aromatic heterocycles. The molecule has 2 aromatic rings. The number of benzene rings is 2. The summed E-state index contributed by atoms with van der Waals surface area (Å²) >= 11 is 0. The van der Waals surface area contributed by atoms with Crippen LogP contribution in [0.5, 0.6) is 0 Å². The summed E-state index contributed by atoms with van der Waals surface area (Å²) in [5.41, 5.74) is 1.86. The van der Waals surface area contributed by atoms with Crippen molar-refractivity contribution in [3.63, 3.8) is 0 Å². The molecule has 5 atom stereocenters. The van der Waals surface area contributed by atoms with Gasteiger partial charge in [-0.2, -0.15) is 0 Å². The zero-order valence-corrected chi connectivity index (χ0v) is 20.2. The van der Waals surface area contributed by atoms with E-state index in [2.05, 4.69) is 20.8 Å². The minimum absolute atomic E-state index is 0.164. The molecule has 178 valence electrons. The molecule has 0 spiro atoms. The fraction of sp³-hybridized carbons (Fsp3) is 0.500. The van der Waals surface area contributed by atoms with Crippen LogP contribution in [-0.4, -0.2) is 24.1 Å². The van der Waals surface area contributed by atoms with E-state index < -0.39 is 29.8 Å². The minimum atomic E-state index is -1.04. The standard InChI is InChI=1S/C28H35FO4/c1-17(2)23-13-11-18(3)15-26(23)33-28(31)20(5)32-27(30)19(4)24-14-12-22(16-25(24)29)21-9-7-6-8-10-21/h6-10,12,14,16-20,23,26H,11,13,15H2,1-5H3. The third-order valence-corrected chi connectivity index (χ3v) is 6.78. The average molecular weight is 455 g/mol. The van der Waals surface area contributed by atoms with Crippen molar-refractivity contribution in [3.8, 4) is 11.1 Å². The first-order chi connectivity index (χ1) is 15.7. The van der Waals surface area contributed by atoms with Crippen LogP contribution in [0.15, 0.2) is 48.5 Å². The van der Waals surface area contributed by atoms with E-state index in [1.165, 1.54) is 13.0 Å². The molecule has 2 aromatic carbocycles. The van der Waals surface area contributed by atoms with Crippen molar-refractivity contribution in [1.82, 2.24) is 0 Å². The molecular formula is C28H35FO4. The van der Waals surface area contributed by atoms with Crippen LogP contribution in [0.1, 0.15) is 65.4 Å².